The largest absolute Gasteiger partial charge is 0.435 e. The highest BCUT2D eigenvalue weighted by Gasteiger charge is 2.74. The van der Waals surface area contributed by atoms with Gasteiger partial charge in [-0.25, -0.2) is 17.2 Å². The standard InChI is InChI=1S/C33H35F8NO4S/c1-27(2,44)29-14-11-28(12-15-29,13-16-29)26(43)42-18-17-30(47(45,46)23-7-5-22(34)6-8-23)24-9-4-21(19-20(24)3-10-25(30)42)31(35,32(36,37)38)33(39,40)41/h4-9,19,25,44H,3,10-18H2,1-2H3/t25-,28?,29?,30-/m0/s1. The van der Waals surface area contributed by atoms with Crippen LogP contribution >= 0.6 is 0 Å². The summed E-state index contributed by atoms with van der Waals surface area (Å²) in [7, 11) is -4.57. The Kier molecular flexibility index (Phi) is 7.54. The summed E-state index contributed by atoms with van der Waals surface area (Å²) in [4.78, 5) is 15.7. The molecule has 1 N–H and O–H groups in total. The maximum atomic E-state index is 15.1. The van der Waals surface area contributed by atoms with E-state index in [1.165, 1.54) is 4.90 Å². The summed E-state index contributed by atoms with van der Waals surface area (Å²) in [6.45, 7) is 3.45. The van der Waals surface area contributed by atoms with Crippen LogP contribution in [-0.4, -0.2) is 54.9 Å². The minimum atomic E-state index is -6.35. The SMILES string of the molecule is CC(C)(O)C12CCC(C(=O)N3CC[C@]4(S(=O)(=O)c5ccc(F)cc5)c5ccc(C(F)(C(F)(F)F)C(F)(F)F)cc5CC[C@H]34)(CC1)CC2. The fourth-order valence-corrected chi connectivity index (χ4v) is 11.4. The van der Waals surface area contributed by atoms with Gasteiger partial charge in [-0.15, -0.1) is 0 Å². The number of sulfone groups is 1. The Morgan fingerprint density at radius 2 is 1.40 bits per heavy atom. The summed E-state index contributed by atoms with van der Waals surface area (Å²) in [5.74, 6) is -0.996. The minimum Gasteiger partial charge on any atom is -0.390 e. The molecule has 258 valence electrons. The van der Waals surface area contributed by atoms with E-state index in [0.717, 1.165) is 30.3 Å². The Labute approximate surface area is 267 Å². The van der Waals surface area contributed by atoms with Gasteiger partial charge in [0.15, 0.2) is 9.84 Å². The zero-order valence-corrected chi connectivity index (χ0v) is 26.6. The number of hydrogen-bond donors (Lipinski definition) is 1. The predicted octanol–water partition coefficient (Wildman–Crippen LogP) is 7.44. The zero-order valence-electron chi connectivity index (χ0n) is 25.7. The topological polar surface area (TPSA) is 74.7 Å². The van der Waals surface area contributed by atoms with Crippen LogP contribution in [0.25, 0.3) is 0 Å². The molecule has 0 unspecified atom stereocenters. The molecule has 0 spiro atoms. The number of carbonyl (C=O) groups is 1. The second kappa shape index (κ2) is 10.4. The molecule has 1 amide bonds. The molecule has 1 heterocycles. The zero-order chi connectivity index (χ0) is 34.6. The average Bonchev–Trinajstić information content (AvgIpc) is 3.41. The number of likely N-dealkylation sites (tertiary alicyclic amines) is 1. The molecule has 47 heavy (non-hydrogen) atoms. The second-order valence-electron chi connectivity index (χ2n) is 14.3. The number of nitrogens with zero attached hydrogens (tertiary/aromatic N) is 1. The number of halogens is 8. The summed E-state index contributed by atoms with van der Waals surface area (Å²) in [5, 5.41) is 10.9. The van der Waals surface area contributed by atoms with Gasteiger partial charge in [-0.2, -0.15) is 26.3 Å². The Hall–Kier alpha value is -2.74. The molecule has 2 aromatic rings. The maximum absolute atomic E-state index is 15.1. The number of carbonyl (C=O) groups excluding carboxylic acids is 1. The predicted molar refractivity (Wildman–Crippen MR) is 154 cm³/mol. The maximum Gasteiger partial charge on any atom is 0.435 e. The van der Waals surface area contributed by atoms with E-state index in [0.29, 0.717) is 50.7 Å². The molecular weight excluding hydrogens is 658 g/mol. The van der Waals surface area contributed by atoms with Gasteiger partial charge in [-0.1, -0.05) is 18.2 Å². The van der Waals surface area contributed by atoms with E-state index in [2.05, 4.69) is 0 Å². The van der Waals surface area contributed by atoms with Gasteiger partial charge >= 0.3 is 18.0 Å². The van der Waals surface area contributed by atoms with E-state index in [4.69, 9.17) is 0 Å². The molecule has 14 heteroatoms. The molecule has 2 atom stereocenters. The van der Waals surface area contributed by atoms with Gasteiger partial charge in [-0.3, -0.25) is 4.79 Å². The van der Waals surface area contributed by atoms with Crippen LogP contribution in [0.2, 0.25) is 0 Å². The lowest BCUT2D eigenvalue weighted by atomic mass is 9.49. The van der Waals surface area contributed by atoms with Crippen molar-refractivity contribution in [1.82, 2.24) is 4.90 Å². The molecule has 4 fully saturated rings. The van der Waals surface area contributed by atoms with Crippen molar-refractivity contribution in [2.75, 3.05) is 6.54 Å². The number of amides is 1. The van der Waals surface area contributed by atoms with Gasteiger partial charge in [0, 0.05) is 17.5 Å². The monoisotopic (exact) mass is 693 g/mol. The Morgan fingerprint density at radius 3 is 1.91 bits per heavy atom. The summed E-state index contributed by atoms with van der Waals surface area (Å²) in [5.41, 5.74) is -9.83. The van der Waals surface area contributed by atoms with Crippen LogP contribution in [-0.2, 0) is 31.5 Å². The first-order chi connectivity index (χ1) is 21.6. The lowest BCUT2D eigenvalue weighted by Crippen LogP contribution is -2.59. The summed E-state index contributed by atoms with van der Waals surface area (Å²) in [6, 6.07) is 4.44. The highest BCUT2D eigenvalue weighted by Crippen LogP contribution is 2.63. The fraction of sp³-hybridized carbons (Fsp3) is 0.606. The van der Waals surface area contributed by atoms with Crippen molar-refractivity contribution >= 4 is 15.7 Å². The summed E-state index contributed by atoms with van der Waals surface area (Å²) < 4.78 is 138. The lowest BCUT2D eigenvalue weighted by Gasteiger charge is -2.58. The van der Waals surface area contributed by atoms with E-state index in [9.17, 15) is 49.1 Å². The summed E-state index contributed by atoms with van der Waals surface area (Å²) >= 11 is 0. The van der Waals surface area contributed by atoms with E-state index < -0.39 is 61.0 Å². The first kappa shape index (κ1) is 34.1. The molecule has 0 aromatic heterocycles. The van der Waals surface area contributed by atoms with E-state index in [-0.39, 0.29) is 53.2 Å². The van der Waals surface area contributed by atoms with Gasteiger partial charge in [0.2, 0.25) is 5.91 Å². The molecule has 5 aliphatic rings. The Bertz CT molecular complexity index is 1660. The third-order valence-corrected chi connectivity index (χ3v) is 14.5. The molecule has 1 saturated heterocycles. The van der Waals surface area contributed by atoms with E-state index in [1.54, 1.807) is 13.8 Å². The molecule has 2 aromatic carbocycles. The number of rotatable bonds is 5. The van der Waals surface area contributed by atoms with Crippen LogP contribution in [0.3, 0.4) is 0 Å². The van der Waals surface area contributed by atoms with Crippen LogP contribution < -0.4 is 0 Å². The highest BCUT2D eigenvalue weighted by molar-refractivity contribution is 7.92. The number of hydrogen-bond acceptors (Lipinski definition) is 4. The fourth-order valence-electron chi connectivity index (χ4n) is 9.03. The van der Waals surface area contributed by atoms with Crippen molar-refractivity contribution in [2.24, 2.45) is 10.8 Å². The lowest BCUT2D eigenvalue weighted by molar-refractivity contribution is -0.348. The highest BCUT2D eigenvalue weighted by atomic mass is 32.2. The molecular formula is C33H35F8NO4S. The number of alkyl halides is 7. The van der Waals surface area contributed by atoms with Crippen molar-refractivity contribution in [2.45, 2.75) is 111 Å². The molecule has 4 aliphatic carbocycles. The van der Waals surface area contributed by atoms with Crippen molar-refractivity contribution in [3.63, 3.8) is 0 Å². The Balaban J connectivity index is 1.46. The molecule has 5 nitrogen and oxygen atoms in total. The molecule has 3 saturated carbocycles. The molecule has 2 bridgehead atoms. The van der Waals surface area contributed by atoms with Gasteiger partial charge < -0.3 is 10.0 Å². The third-order valence-electron chi connectivity index (χ3n) is 11.9. The number of fused-ring (bicyclic) bond motifs is 6. The van der Waals surface area contributed by atoms with Gasteiger partial charge in [0.05, 0.1) is 16.5 Å². The van der Waals surface area contributed by atoms with Crippen molar-refractivity contribution in [3.8, 4) is 0 Å². The smallest absolute Gasteiger partial charge is 0.390 e. The van der Waals surface area contributed by atoms with Crippen LogP contribution in [0.5, 0.6) is 0 Å². The van der Waals surface area contributed by atoms with Gasteiger partial charge in [0.1, 0.15) is 10.6 Å². The summed E-state index contributed by atoms with van der Waals surface area (Å²) in [6.07, 6.45) is -10.1. The first-order valence-electron chi connectivity index (χ1n) is 15.6. The third kappa shape index (κ3) is 4.62. The van der Waals surface area contributed by atoms with Crippen molar-refractivity contribution < 1.29 is 53.4 Å². The van der Waals surface area contributed by atoms with Crippen LogP contribution in [0.15, 0.2) is 47.4 Å². The Morgan fingerprint density at radius 1 is 0.851 bits per heavy atom. The molecule has 0 radical (unpaired) electrons. The molecule has 7 rings (SSSR count). The minimum absolute atomic E-state index is 0.0539. The van der Waals surface area contributed by atoms with Crippen molar-refractivity contribution in [3.05, 3.63) is 65.0 Å². The van der Waals surface area contributed by atoms with Crippen LogP contribution in [0.1, 0.15) is 81.9 Å². The first-order valence-corrected chi connectivity index (χ1v) is 17.0. The molecule has 1 aliphatic heterocycles. The normalized spacial score (nSPS) is 29.9. The van der Waals surface area contributed by atoms with E-state index in [1.807, 2.05) is 0 Å². The number of benzene rings is 2. The van der Waals surface area contributed by atoms with Gasteiger partial charge in [0.25, 0.3) is 0 Å². The number of aliphatic hydroxyl groups is 1. The van der Waals surface area contributed by atoms with Gasteiger partial charge in [-0.05, 0) is 112 Å². The van der Waals surface area contributed by atoms with Crippen LogP contribution in [0.4, 0.5) is 35.1 Å². The van der Waals surface area contributed by atoms with Crippen molar-refractivity contribution in [1.29, 1.82) is 0 Å². The number of aryl methyl sites for hydroxylation is 1. The second-order valence-corrected chi connectivity index (χ2v) is 16.5. The van der Waals surface area contributed by atoms with E-state index >= 15 is 4.39 Å². The quantitative estimate of drug-likeness (QED) is 0.261. The average molecular weight is 694 g/mol. The van der Waals surface area contributed by atoms with Crippen LogP contribution in [0, 0.1) is 16.6 Å².